The summed E-state index contributed by atoms with van der Waals surface area (Å²) in [5.41, 5.74) is 3.88. The van der Waals surface area contributed by atoms with Gasteiger partial charge >= 0.3 is 11.8 Å². The lowest BCUT2D eigenvalue weighted by atomic mass is 9.75. The number of imide groups is 1. The van der Waals surface area contributed by atoms with E-state index in [1.807, 2.05) is 0 Å². The highest BCUT2D eigenvalue weighted by Crippen LogP contribution is 2.38. The Bertz CT molecular complexity index is 1200. The first-order valence-electron chi connectivity index (χ1n) is 13.8. The van der Waals surface area contributed by atoms with Gasteiger partial charge in [-0.1, -0.05) is 0 Å². The molecule has 2 saturated heterocycles. The molecule has 2 fully saturated rings. The molecule has 5 N–H and O–H groups in total. The normalized spacial score (nSPS) is 23.1. The maximum Gasteiger partial charge on any atom is 0.327 e. The third kappa shape index (κ3) is 6.36. The van der Waals surface area contributed by atoms with Crippen molar-refractivity contribution in [2.45, 2.75) is 115 Å². The number of nitrogens with zero attached hydrogens (tertiary/aromatic N) is 1. The van der Waals surface area contributed by atoms with Gasteiger partial charge in [0.15, 0.2) is 0 Å². The SMILES string of the molecule is CC1(C)CC(N(C(=O)C(=O)NNC(=O)c2ccc3c(c2)C(=O)NC3=O)C2CC(C)(C)NC(C)(C)C2)CC(C)(C)N1. The molecule has 0 radical (unpaired) electrons. The molecule has 3 aliphatic rings. The highest BCUT2D eigenvalue weighted by molar-refractivity contribution is 6.35. The van der Waals surface area contributed by atoms with E-state index in [4.69, 9.17) is 0 Å². The van der Waals surface area contributed by atoms with Crippen molar-refractivity contribution < 1.29 is 24.0 Å². The minimum absolute atomic E-state index is 0.0666. The molecule has 0 atom stereocenters. The number of piperidine rings is 2. The molecule has 0 unspecified atom stereocenters. The Morgan fingerprint density at radius 2 is 1.18 bits per heavy atom. The average Bonchev–Trinajstić information content (AvgIpc) is 3.06. The van der Waals surface area contributed by atoms with E-state index in [0.29, 0.717) is 25.7 Å². The summed E-state index contributed by atoms with van der Waals surface area (Å²) >= 11 is 0. The fourth-order valence-electron chi connectivity index (χ4n) is 7.23. The van der Waals surface area contributed by atoms with Crippen LogP contribution in [0.4, 0.5) is 0 Å². The van der Waals surface area contributed by atoms with Crippen LogP contribution in [0.2, 0.25) is 0 Å². The lowest BCUT2D eigenvalue weighted by molar-refractivity contribution is -0.153. The Morgan fingerprint density at radius 3 is 1.65 bits per heavy atom. The predicted octanol–water partition coefficient (Wildman–Crippen LogP) is 1.78. The number of amides is 5. The van der Waals surface area contributed by atoms with Crippen molar-refractivity contribution in [1.82, 2.24) is 31.7 Å². The van der Waals surface area contributed by atoms with Gasteiger partial charge in [-0.05, 0) is 99.3 Å². The Balaban J connectivity index is 1.55. The molecule has 11 nitrogen and oxygen atoms in total. The van der Waals surface area contributed by atoms with Crippen LogP contribution in [0.3, 0.4) is 0 Å². The molecular formula is C29H42N6O5. The summed E-state index contributed by atoms with van der Waals surface area (Å²) in [6, 6.07) is 3.65. The van der Waals surface area contributed by atoms with Crippen molar-refractivity contribution in [3.05, 3.63) is 34.9 Å². The van der Waals surface area contributed by atoms with E-state index in [-0.39, 0.29) is 50.9 Å². The molecule has 218 valence electrons. The highest BCUT2D eigenvalue weighted by Gasteiger charge is 2.48. The topological polar surface area (TPSA) is 149 Å². The molecule has 0 aliphatic carbocycles. The van der Waals surface area contributed by atoms with Crippen molar-refractivity contribution in [3.63, 3.8) is 0 Å². The van der Waals surface area contributed by atoms with E-state index in [1.165, 1.54) is 18.2 Å². The largest absolute Gasteiger partial charge is 0.328 e. The molecule has 0 bridgehead atoms. The Kier molecular flexibility index (Phi) is 7.38. The van der Waals surface area contributed by atoms with E-state index < -0.39 is 29.5 Å². The van der Waals surface area contributed by atoms with E-state index in [9.17, 15) is 24.0 Å². The van der Waals surface area contributed by atoms with Crippen LogP contribution in [-0.2, 0) is 9.59 Å². The predicted molar refractivity (Wildman–Crippen MR) is 149 cm³/mol. The molecule has 40 heavy (non-hydrogen) atoms. The third-order valence-corrected chi connectivity index (χ3v) is 7.84. The number of hydrazine groups is 1. The zero-order valence-corrected chi connectivity index (χ0v) is 24.7. The third-order valence-electron chi connectivity index (χ3n) is 7.84. The van der Waals surface area contributed by atoms with Crippen molar-refractivity contribution in [1.29, 1.82) is 0 Å². The maximum atomic E-state index is 13.9. The van der Waals surface area contributed by atoms with Crippen LogP contribution in [0.25, 0.3) is 0 Å². The number of hydrogen-bond acceptors (Lipinski definition) is 7. The lowest BCUT2D eigenvalue weighted by Crippen LogP contribution is -2.69. The molecule has 0 saturated carbocycles. The molecule has 5 amide bonds. The van der Waals surface area contributed by atoms with Gasteiger partial charge < -0.3 is 15.5 Å². The number of benzene rings is 1. The van der Waals surface area contributed by atoms with Gasteiger partial charge in [-0.25, -0.2) is 0 Å². The fraction of sp³-hybridized carbons (Fsp3) is 0.621. The second-order valence-electron chi connectivity index (χ2n) is 14.1. The molecule has 3 aliphatic heterocycles. The number of hydrogen-bond donors (Lipinski definition) is 5. The van der Waals surface area contributed by atoms with Gasteiger partial charge in [0.25, 0.3) is 17.7 Å². The van der Waals surface area contributed by atoms with Crippen LogP contribution in [0.5, 0.6) is 0 Å². The summed E-state index contributed by atoms with van der Waals surface area (Å²) in [4.78, 5) is 65.5. The van der Waals surface area contributed by atoms with Crippen molar-refractivity contribution >= 4 is 29.5 Å². The summed E-state index contributed by atoms with van der Waals surface area (Å²) in [7, 11) is 0. The van der Waals surface area contributed by atoms with Crippen LogP contribution in [0, 0.1) is 0 Å². The van der Waals surface area contributed by atoms with E-state index >= 15 is 0 Å². The smallest absolute Gasteiger partial charge is 0.327 e. The van der Waals surface area contributed by atoms with Crippen LogP contribution < -0.4 is 26.8 Å². The monoisotopic (exact) mass is 554 g/mol. The number of rotatable bonds is 3. The first kappa shape index (κ1) is 29.7. The summed E-state index contributed by atoms with van der Waals surface area (Å²) < 4.78 is 0. The van der Waals surface area contributed by atoms with Crippen molar-refractivity contribution in [2.24, 2.45) is 0 Å². The first-order valence-corrected chi connectivity index (χ1v) is 13.8. The van der Waals surface area contributed by atoms with E-state index in [0.717, 1.165) is 0 Å². The minimum Gasteiger partial charge on any atom is -0.328 e. The van der Waals surface area contributed by atoms with Crippen molar-refractivity contribution in [2.75, 3.05) is 0 Å². The van der Waals surface area contributed by atoms with E-state index in [1.54, 1.807) is 4.90 Å². The molecule has 1 aromatic rings. The Labute approximate surface area is 235 Å². The Hall–Kier alpha value is -3.31. The van der Waals surface area contributed by atoms with Gasteiger partial charge in [0.05, 0.1) is 11.1 Å². The summed E-state index contributed by atoms with van der Waals surface area (Å²) in [5.74, 6) is -3.47. The van der Waals surface area contributed by atoms with Crippen LogP contribution >= 0.6 is 0 Å². The highest BCUT2D eigenvalue weighted by atomic mass is 16.2. The van der Waals surface area contributed by atoms with E-state index in [2.05, 4.69) is 82.2 Å². The molecule has 0 spiro atoms. The van der Waals surface area contributed by atoms with Gasteiger partial charge in [0, 0.05) is 39.8 Å². The lowest BCUT2D eigenvalue weighted by Gasteiger charge is -2.55. The zero-order valence-electron chi connectivity index (χ0n) is 24.7. The Morgan fingerprint density at radius 1 is 0.725 bits per heavy atom. The van der Waals surface area contributed by atoms with Gasteiger partial charge in [-0.3, -0.25) is 40.1 Å². The molecule has 1 aromatic carbocycles. The quantitative estimate of drug-likeness (QED) is 0.217. The summed E-state index contributed by atoms with van der Waals surface area (Å²) in [6.45, 7) is 16.8. The summed E-state index contributed by atoms with van der Waals surface area (Å²) in [6.07, 6.45) is 2.68. The second kappa shape index (κ2) is 9.95. The molecule has 4 rings (SSSR count). The van der Waals surface area contributed by atoms with Crippen molar-refractivity contribution in [3.8, 4) is 0 Å². The maximum absolute atomic E-state index is 13.9. The van der Waals surface area contributed by atoms with Gasteiger partial charge in [-0.15, -0.1) is 0 Å². The zero-order chi connectivity index (χ0) is 29.8. The van der Waals surface area contributed by atoms with Crippen LogP contribution in [0.15, 0.2) is 18.2 Å². The fourth-order valence-corrected chi connectivity index (χ4v) is 7.23. The van der Waals surface area contributed by atoms with Crippen LogP contribution in [0.1, 0.15) is 112 Å². The minimum atomic E-state index is -0.939. The number of carbonyl (C=O) groups is 5. The molecular weight excluding hydrogens is 512 g/mol. The number of nitrogens with one attached hydrogen (secondary N) is 5. The molecule has 11 heteroatoms. The van der Waals surface area contributed by atoms with Gasteiger partial charge in [-0.2, -0.15) is 0 Å². The van der Waals surface area contributed by atoms with Gasteiger partial charge in [0.1, 0.15) is 0 Å². The molecule has 3 heterocycles. The number of fused-ring (bicyclic) bond motifs is 1. The van der Waals surface area contributed by atoms with Gasteiger partial charge in [0.2, 0.25) is 0 Å². The number of carbonyl (C=O) groups excluding carboxylic acids is 5. The first-order chi connectivity index (χ1) is 18.3. The average molecular weight is 555 g/mol. The second-order valence-corrected chi connectivity index (χ2v) is 14.1. The summed E-state index contributed by atoms with van der Waals surface area (Å²) in [5, 5.41) is 9.46. The standard InChI is InChI=1S/C29H42N6O5/c1-26(2)12-17(13-27(3,4)33-26)35(18-14-28(5,6)34-29(7,8)15-18)25(40)24(39)32-31-21(36)16-9-10-19-20(11-16)23(38)30-22(19)37/h9-11,17-18,33-34H,12-15H2,1-8H3,(H,31,36)(H,32,39)(H,30,37,38). The van der Waals surface area contributed by atoms with Crippen LogP contribution in [-0.4, -0.2) is 68.7 Å². The molecule has 0 aromatic heterocycles.